The zero-order chi connectivity index (χ0) is 23.8. The summed E-state index contributed by atoms with van der Waals surface area (Å²) in [6.07, 6.45) is 4.14. The molecule has 9 heteroatoms. The Bertz CT molecular complexity index is 1510. The lowest BCUT2D eigenvalue weighted by Gasteiger charge is -2.13. The third-order valence-corrected chi connectivity index (χ3v) is 9.30. The van der Waals surface area contributed by atoms with Crippen LogP contribution in [0.2, 0.25) is 0 Å². The largest absolute Gasteiger partial charge is 0.316 e. The van der Waals surface area contributed by atoms with E-state index in [1.165, 1.54) is 28.0 Å². The van der Waals surface area contributed by atoms with Crippen LogP contribution in [0.15, 0.2) is 40.3 Å². The highest BCUT2D eigenvalue weighted by molar-refractivity contribution is 7.99. The number of thiophene rings is 2. The summed E-state index contributed by atoms with van der Waals surface area (Å²) in [5.41, 5.74) is 3.20. The van der Waals surface area contributed by atoms with E-state index in [0.717, 1.165) is 57.6 Å². The van der Waals surface area contributed by atoms with Crippen LogP contribution in [-0.4, -0.2) is 21.2 Å². The smallest absolute Gasteiger partial charge is 0.267 e. The number of amides is 1. The summed E-state index contributed by atoms with van der Waals surface area (Å²) < 4.78 is 1.63. The maximum Gasteiger partial charge on any atom is 0.267 e. The van der Waals surface area contributed by atoms with Crippen molar-refractivity contribution < 1.29 is 4.79 Å². The van der Waals surface area contributed by atoms with Crippen LogP contribution in [0.1, 0.15) is 39.3 Å². The second-order valence-electron chi connectivity index (χ2n) is 8.20. The summed E-state index contributed by atoms with van der Waals surface area (Å²) in [5.74, 6) is -0.154. The van der Waals surface area contributed by atoms with Gasteiger partial charge in [0, 0.05) is 9.75 Å². The fraction of sp³-hybridized carbons (Fsp3) is 0.280. The van der Waals surface area contributed by atoms with Crippen molar-refractivity contribution in [1.82, 2.24) is 9.55 Å². The highest BCUT2D eigenvalue weighted by Crippen LogP contribution is 2.35. The van der Waals surface area contributed by atoms with Gasteiger partial charge in [0.1, 0.15) is 15.9 Å². The number of thioether (sulfide) groups is 1. The second kappa shape index (κ2) is 9.37. The number of hydrogen-bond acceptors (Lipinski definition) is 7. The summed E-state index contributed by atoms with van der Waals surface area (Å²) in [7, 11) is 0. The van der Waals surface area contributed by atoms with Crippen molar-refractivity contribution in [1.29, 1.82) is 5.26 Å². The first-order valence-corrected chi connectivity index (χ1v) is 13.6. The second-order valence-corrected chi connectivity index (χ2v) is 11.4. The summed E-state index contributed by atoms with van der Waals surface area (Å²) in [6, 6.07) is 11.6. The lowest BCUT2D eigenvalue weighted by atomic mass is 9.97. The van der Waals surface area contributed by atoms with E-state index in [1.54, 1.807) is 15.9 Å². The molecule has 0 saturated heterocycles. The molecule has 0 aliphatic heterocycles. The lowest BCUT2D eigenvalue weighted by Crippen LogP contribution is -2.23. The van der Waals surface area contributed by atoms with Gasteiger partial charge in [-0.25, -0.2) is 4.98 Å². The molecule has 1 aliphatic carbocycles. The number of fused-ring (bicyclic) bond motifs is 3. The van der Waals surface area contributed by atoms with E-state index in [9.17, 15) is 14.9 Å². The maximum atomic E-state index is 13.7. The van der Waals surface area contributed by atoms with E-state index in [-0.39, 0.29) is 17.2 Å². The van der Waals surface area contributed by atoms with Gasteiger partial charge in [0.2, 0.25) is 5.91 Å². The van der Waals surface area contributed by atoms with E-state index in [2.05, 4.69) is 11.4 Å². The van der Waals surface area contributed by atoms with Gasteiger partial charge in [-0.1, -0.05) is 30.0 Å². The summed E-state index contributed by atoms with van der Waals surface area (Å²) in [5, 5.41) is 14.1. The number of nitriles is 1. The monoisotopic (exact) mass is 506 g/mol. The molecule has 0 saturated carbocycles. The maximum absolute atomic E-state index is 13.7. The highest BCUT2D eigenvalue weighted by Gasteiger charge is 2.23. The molecule has 5 rings (SSSR count). The molecule has 1 aliphatic rings. The number of carbonyl (C=O) groups excluding carboxylic acids is 1. The zero-order valence-corrected chi connectivity index (χ0v) is 21.3. The first-order valence-electron chi connectivity index (χ1n) is 11.0. The number of anilines is 1. The first-order chi connectivity index (χ1) is 16.5. The molecule has 3 aromatic heterocycles. The Morgan fingerprint density at radius 2 is 1.97 bits per heavy atom. The number of carbonyl (C=O) groups is 1. The Morgan fingerprint density at radius 3 is 2.74 bits per heavy atom. The molecular formula is C25H22N4O2S3. The van der Waals surface area contributed by atoms with Gasteiger partial charge in [-0.3, -0.25) is 14.2 Å². The molecule has 172 valence electrons. The van der Waals surface area contributed by atoms with Crippen LogP contribution in [0.4, 0.5) is 5.00 Å². The normalized spacial score (nSPS) is 13.0. The molecule has 34 heavy (non-hydrogen) atoms. The molecular weight excluding hydrogens is 485 g/mol. The topological polar surface area (TPSA) is 87.8 Å². The van der Waals surface area contributed by atoms with E-state index >= 15 is 0 Å². The Labute approximate surface area is 209 Å². The van der Waals surface area contributed by atoms with Gasteiger partial charge in [-0.05, 0) is 62.8 Å². The molecule has 0 spiro atoms. The van der Waals surface area contributed by atoms with Crippen molar-refractivity contribution in [2.75, 3.05) is 11.1 Å². The fourth-order valence-electron chi connectivity index (χ4n) is 4.23. The molecule has 0 radical (unpaired) electrons. The molecule has 4 aromatic rings. The predicted molar refractivity (Wildman–Crippen MR) is 140 cm³/mol. The molecule has 0 bridgehead atoms. The number of aromatic nitrogens is 2. The van der Waals surface area contributed by atoms with Gasteiger partial charge in [0.25, 0.3) is 5.56 Å². The van der Waals surface area contributed by atoms with Gasteiger partial charge in [0.05, 0.1) is 22.4 Å². The van der Waals surface area contributed by atoms with Crippen LogP contribution < -0.4 is 10.9 Å². The summed E-state index contributed by atoms with van der Waals surface area (Å²) in [6.45, 7) is 3.82. The fourth-order valence-corrected chi connectivity index (χ4v) is 7.37. The molecule has 0 fully saturated rings. The van der Waals surface area contributed by atoms with E-state index in [0.29, 0.717) is 15.7 Å². The first kappa shape index (κ1) is 22.8. The van der Waals surface area contributed by atoms with E-state index in [4.69, 9.17) is 4.98 Å². The minimum Gasteiger partial charge on any atom is -0.316 e. The number of nitrogens with one attached hydrogen (secondary N) is 1. The van der Waals surface area contributed by atoms with Crippen molar-refractivity contribution in [3.05, 3.63) is 67.1 Å². The van der Waals surface area contributed by atoms with E-state index < -0.39 is 0 Å². The number of aryl methyl sites for hydroxylation is 3. The molecule has 1 N–H and O–H groups in total. The standard InChI is InChI=1S/C25H22N4O2S3/c1-14-15(2)33-22(18(14)12-26)27-20(30)13-32-25-28-23-21(17-10-6-7-11-19(17)34-23)24(31)29(25)16-8-4-3-5-9-16/h3-5,8-9H,6-7,10-11,13H2,1-2H3,(H,27,30). The third kappa shape index (κ3) is 4.06. The molecule has 0 atom stereocenters. The third-order valence-electron chi connectivity index (χ3n) is 6.05. The van der Waals surface area contributed by atoms with Gasteiger partial charge >= 0.3 is 0 Å². The van der Waals surface area contributed by atoms with Crippen LogP contribution >= 0.6 is 34.4 Å². The van der Waals surface area contributed by atoms with Crippen molar-refractivity contribution in [3.8, 4) is 11.8 Å². The van der Waals surface area contributed by atoms with Crippen LogP contribution in [-0.2, 0) is 17.6 Å². The van der Waals surface area contributed by atoms with Gasteiger partial charge in [-0.15, -0.1) is 22.7 Å². The number of rotatable bonds is 5. The Kier molecular flexibility index (Phi) is 6.30. The summed E-state index contributed by atoms with van der Waals surface area (Å²) in [4.78, 5) is 34.4. The minimum absolute atomic E-state index is 0.0743. The van der Waals surface area contributed by atoms with Crippen LogP contribution in [0.5, 0.6) is 0 Å². The minimum atomic E-state index is -0.234. The molecule has 1 aromatic carbocycles. The van der Waals surface area contributed by atoms with Crippen LogP contribution in [0, 0.1) is 25.2 Å². The summed E-state index contributed by atoms with van der Waals surface area (Å²) >= 11 is 4.24. The SMILES string of the molecule is Cc1sc(NC(=O)CSc2nc3sc4c(c3c(=O)n2-c2ccccc2)CCCC4)c(C#N)c1C. The van der Waals surface area contributed by atoms with Gasteiger partial charge in [-0.2, -0.15) is 5.26 Å². The van der Waals surface area contributed by atoms with Crippen molar-refractivity contribution in [2.45, 2.75) is 44.7 Å². The van der Waals surface area contributed by atoms with Crippen LogP contribution in [0.25, 0.3) is 15.9 Å². The van der Waals surface area contributed by atoms with Gasteiger partial charge in [0.15, 0.2) is 5.16 Å². The lowest BCUT2D eigenvalue weighted by molar-refractivity contribution is -0.113. The molecule has 6 nitrogen and oxygen atoms in total. The molecule has 0 unspecified atom stereocenters. The van der Waals surface area contributed by atoms with Crippen molar-refractivity contribution in [3.63, 3.8) is 0 Å². The van der Waals surface area contributed by atoms with Crippen LogP contribution in [0.3, 0.4) is 0 Å². The number of nitrogens with zero attached hydrogens (tertiary/aromatic N) is 3. The predicted octanol–water partition coefficient (Wildman–Crippen LogP) is 5.61. The Balaban J connectivity index is 1.50. The van der Waals surface area contributed by atoms with Gasteiger partial charge < -0.3 is 5.32 Å². The quantitative estimate of drug-likeness (QED) is 0.281. The molecule has 1 amide bonds. The zero-order valence-electron chi connectivity index (χ0n) is 18.8. The highest BCUT2D eigenvalue weighted by atomic mass is 32.2. The van der Waals surface area contributed by atoms with E-state index in [1.807, 2.05) is 44.2 Å². The number of hydrogen-bond donors (Lipinski definition) is 1. The van der Waals surface area contributed by atoms with Crippen molar-refractivity contribution in [2.24, 2.45) is 0 Å². The average Bonchev–Trinajstić information content (AvgIpc) is 3.34. The molecule has 3 heterocycles. The Morgan fingerprint density at radius 1 is 1.21 bits per heavy atom. The number of benzene rings is 1. The Hall–Kier alpha value is -2.93. The van der Waals surface area contributed by atoms with Crippen molar-refractivity contribution >= 4 is 55.6 Å². The average molecular weight is 507 g/mol. The number of para-hydroxylation sites is 1.